The molecule has 5 atom stereocenters. The molecule has 0 radical (unpaired) electrons. The van der Waals surface area contributed by atoms with Crippen LogP contribution in [0.3, 0.4) is 0 Å². The van der Waals surface area contributed by atoms with Gasteiger partial charge in [0.25, 0.3) is 0 Å². The molecular weight excluding hydrogens is 546 g/mol. The highest BCUT2D eigenvalue weighted by Crippen LogP contribution is 2.30. The second kappa shape index (κ2) is 14.7. The minimum atomic E-state index is -0.870. The van der Waals surface area contributed by atoms with Gasteiger partial charge in [0.1, 0.15) is 6.04 Å². The average Bonchev–Trinajstić information content (AvgIpc) is 3.71. The van der Waals surface area contributed by atoms with E-state index >= 15 is 0 Å². The Hall–Kier alpha value is -3.30. The first-order valence-electron chi connectivity index (χ1n) is 14.6. The number of aliphatic hydroxyl groups is 1. The van der Waals surface area contributed by atoms with E-state index in [0.29, 0.717) is 19.6 Å². The number of likely N-dealkylation sites (tertiary alicyclic amines) is 1. The summed E-state index contributed by atoms with van der Waals surface area (Å²) in [6.07, 6.45) is 5.86. The normalized spacial score (nSPS) is 18.9. The lowest BCUT2D eigenvalue weighted by atomic mass is 9.83. The molecule has 42 heavy (non-hydrogen) atoms. The lowest BCUT2D eigenvalue weighted by Gasteiger charge is -2.32. The topological polar surface area (TPSA) is 105 Å². The Labute approximate surface area is 253 Å². The predicted molar refractivity (Wildman–Crippen MR) is 169 cm³/mol. The van der Waals surface area contributed by atoms with Crippen molar-refractivity contribution in [3.05, 3.63) is 95.4 Å². The number of rotatable bonds is 13. The summed E-state index contributed by atoms with van der Waals surface area (Å²) in [4.78, 5) is 29.5. The van der Waals surface area contributed by atoms with Crippen LogP contribution in [0.5, 0.6) is 0 Å². The predicted octanol–water partition coefficient (Wildman–Crippen LogP) is 4.94. The van der Waals surface area contributed by atoms with Gasteiger partial charge in [-0.3, -0.25) is 9.59 Å². The van der Waals surface area contributed by atoms with Crippen LogP contribution in [0.25, 0.3) is 10.4 Å². The highest BCUT2D eigenvalue weighted by molar-refractivity contribution is 7.13. The van der Waals surface area contributed by atoms with Crippen molar-refractivity contribution in [2.24, 2.45) is 11.1 Å². The van der Waals surface area contributed by atoms with Gasteiger partial charge in [0.05, 0.1) is 31.4 Å². The van der Waals surface area contributed by atoms with Gasteiger partial charge in [0.15, 0.2) is 0 Å². The SMILES string of the molecule is CC(OCc1ccccc1)[C@H](NC(=O)[C@H](C)N)C(=O)N1CCC[C@H]1C=C[C@](C)(CO)Cc1cccc(-c2cccs2)c1. The van der Waals surface area contributed by atoms with Crippen LogP contribution < -0.4 is 11.1 Å². The second-order valence-corrected chi connectivity index (χ2v) is 12.5. The summed E-state index contributed by atoms with van der Waals surface area (Å²) in [5.74, 6) is -0.585. The van der Waals surface area contributed by atoms with Crippen molar-refractivity contribution in [3.63, 3.8) is 0 Å². The maximum atomic E-state index is 13.9. The van der Waals surface area contributed by atoms with E-state index in [9.17, 15) is 14.7 Å². The first kappa shape index (κ1) is 31.6. The summed E-state index contributed by atoms with van der Waals surface area (Å²) >= 11 is 1.71. The molecule has 3 aromatic rings. The van der Waals surface area contributed by atoms with Crippen LogP contribution in [0.1, 0.15) is 44.7 Å². The van der Waals surface area contributed by atoms with Gasteiger partial charge in [-0.2, -0.15) is 0 Å². The Morgan fingerprint density at radius 3 is 2.60 bits per heavy atom. The summed E-state index contributed by atoms with van der Waals surface area (Å²) in [6, 6.07) is 20.6. The van der Waals surface area contributed by atoms with E-state index in [0.717, 1.165) is 24.0 Å². The van der Waals surface area contributed by atoms with Crippen molar-refractivity contribution in [3.8, 4) is 10.4 Å². The molecule has 1 aliphatic rings. The number of hydrogen-bond donors (Lipinski definition) is 3. The van der Waals surface area contributed by atoms with Gasteiger partial charge in [0.2, 0.25) is 11.8 Å². The molecule has 2 heterocycles. The number of amides is 2. The second-order valence-electron chi connectivity index (χ2n) is 11.5. The Morgan fingerprint density at radius 2 is 1.90 bits per heavy atom. The van der Waals surface area contributed by atoms with Crippen molar-refractivity contribution in [2.45, 2.75) is 70.9 Å². The quantitative estimate of drug-likeness (QED) is 0.245. The van der Waals surface area contributed by atoms with Gasteiger partial charge in [0, 0.05) is 16.8 Å². The number of thiophene rings is 1. The fraction of sp³-hybridized carbons (Fsp3) is 0.412. The highest BCUT2D eigenvalue weighted by atomic mass is 32.1. The first-order chi connectivity index (χ1) is 20.2. The number of benzene rings is 2. The van der Waals surface area contributed by atoms with Crippen molar-refractivity contribution in [1.82, 2.24) is 10.2 Å². The third-order valence-corrected chi connectivity index (χ3v) is 8.73. The minimum absolute atomic E-state index is 0.0230. The summed E-state index contributed by atoms with van der Waals surface area (Å²) in [6.45, 7) is 6.33. The van der Waals surface area contributed by atoms with E-state index in [2.05, 4.69) is 41.0 Å². The van der Waals surface area contributed by atoms with Crippen LogP contribution in [0.2, 0.25) is 0 Å². The molecule has 1 unspecified atom stereocenters. The molecule has 1 saturated heterocycles. The van der Waals surface area contributed by atoms with E-state index in [1.165, 1.54) is 10.4 Å². The molecule has 8 heteroatoms. The average molecular weight is 590 g/mol. The Balaban J connectivity index is 1.47. The van der Waals surface area contributed by atoms with Crippen LogP contribution in [-0.2, 0) is 27.4 Å². The molecule has 224 valence electrons. The molecule has 0 saturated carbocycles. The van der Waals surface area contributed by atoms with Crippen LogP contribution in [0.15, 0.2) is 84.3 Å². The number of carbonyl (C=O) groups is 2. The zero-order chi connectivity index (χ0) is 30.1. The number of nitrogens with zero attached hydrogens (tertiary/aromatic N) is 1. The van der Waals surface area contributed by atoms with Gasteiger partial charge >= 0.3 is 0 Å². The van der Waals surface area contributed by atoms with E-state index < -0.39 is 29.5 Å². The number of nitrogens with one attached hydrogen (secondary N) is 1. The number of hydrogen-bond acceptors (Lipinski definition) is 6. The van der Waals surface area contributed by atoms with Gasteiger partial charge in [-0.15, -0.1) is 11.3 Å². The van der Waals surface area contributed by atoms with Crippen LogP contribution in [0.4, 0.5) is 0 Å². The fourth-order valence-electron chi connectivity index (χ4n) is 5.26. The maximum absolute atomic E-state index is 13.9. The molecule has 4 rings (SSSR count). The molecular formula is C34H43N3O4S. The first-order valence-corrected chi connectivity index (χ1v) is 15.5. The molecule has 2 aromatic carbocycles. The van der Waals surface area contributed by atoms with Gasteiger partial charge in [-0.25, -0.2) is 0 Å². The zero-order valence-electron chi connectivity index (χ0n) is 24.7. The summed E-state index contributed by atoms with van der Waals surface area (Å²) in [5, 5.41) is 15.3. The lowest BCUT2D eigenvalue weighted by molar-refractivity contribution is -0.141. The van der Waals surface area contributed by atoms with E-state index in [1.54, 1.807) is 25.2 Å². The molecule has 4 N–H and O–H groups in total. The highest BCUT2D eigenvalue weighted by Gasteiger charge is 2.37. The lowest BCUT2D eigenvalue weighted by Crippen LogP contribution is -2.57. The van der Waals surface area contributed by atoms with E-state index in [-0.39, 0.29) is 18.6 Å². The standard InChI is InChI=1S/C34H43N3O4S/c1-24(35)32(39)36-31(25(2)41-22-26-10-5-4-6-11-26)33(40)37-18-8-14-29(37)16-17-34(3,23-38)21-27-12-7-13-28(20-27)30-15-9-19-42-30/h4-7,9-13,15-17,19-20,24-25,29,31,38H,8,14,18,21-23,35H2,1-3H3,(H,36,39)/t24-,25?,29-,31-,34-/m0/s1. The largest absolute Gasteiger partial charge is 0.395 e. The Morgan fingerprint density at radius 1 is 1.14 bits per heavy atom. The monoisotopic (exact) mass is 589 g/mol. The van der Waals surface area contributed by atoms with Gasteiger partial charge < -0.3 is 25.8 Å². The van der Waals surface area contributed by atoms with E-state index in [4.69, 9.17) is 10.5 Å². The molecule has 0 spiro atoms. The van der Waals surface area contributed by atoms with Crippen molar-refractivity contribution in [2.75, 3.05) is 13.2 Å². The van der Waals surface area contributed by atoms with Crippen molar-refractivity contribution < 1.29 is 19.4 Å². The summed E-state index contributed by atoms with van der Waals surface area (Å²) < 4.78 is 6.07. The van der Waals surface area contributed by atoms with Crippen molar-refractivity contribution >= 4 is 23.2 Å². The minimum Gasteiger partial charge on any atom is -0.395 e. The van der Waals surface area contributed by atoms with Gasteiger partial charge in [-0.1, -0.05) is 79.7 Å². The van der Waals surface area contributed by atoms with Crippen molar-refractivity contribution in [1.29, 1.82) is 0 Å². The molecule has 2 amide bonds. The molecule has 7 nitrogen and oxygen atoms in total. The number of nitrogens with two attached hydrogens (primary N) is 1. The number of aliphatic hydroxyl groups excluding tert-OH is 1. The number of ether oxygens (including phenoxy) is 1. The molecule has 0 aliphatic carbocycles. The molecule has 1 aliphatic heterocycles. The van der Waals surface area contributed by atoms with Gasteiger partial charge in [-0.05, 0) is 61.2 Å². The van der Waals surface area contributed by atoms with Crippen LogP contribution in [-0.4, -0.2) is 59.2 Å². The fourth-order valence-corrected chi connectivity index (χ4v) is 5.99. The maximum Gasteiger partial charge on any atom is 0.248 e. The zero-order valence-corrected chi connectivity index (χ0v) is 25.6. The van der Waals surface area contributed by atoms with Crippen LogP contribution in [0, 0.1) is 5.41 Å². The Bertz CT molecular complexity index is 1330. The smallest absolute Gasteiger partial charge is 0.248 e. The van der Waals surface area contributed by atoms with Crippen LogP contribution >= 0.6 is 11.3 Å². The third kappa shape index (κ3) is 8.38. The molecule has 0 bridgehead atoms. The Kier molecular flexibility index (Phi) is 11.1. The summed E-state index contributed by atoms with van der Waals surface area (Å²) in [7, 11) is 0. The molecule has 1 aromatic heterocycles. The third-order valence-electron chi connectivity index (χ3n) is 7.81. The van der Waals surface area contributed by atoms with E-state index in [1.807, 2.05) is 60.4 Å². The molecule has 1 fully saturated rings. The summed E-state index contributed by atoms with van der Waals surface area (Å²) in [5.41, 5.74) is 8.63. The number of carbonyl (C=O) groups excluding carboxylic acids is 2.